The van der Waals surface area contributed by atoms with Crippen molar-refractivity contribution in [3.05, 3.63) is 23.8 Å². The molecule has 0 saturated carbocycles. The van der Waals surface area contributed by atoms with E-state index in [4.69, 9.17) is 14.7 Å². The van der Waals surface area contributed by atoms with Crippen LogP contribution in [0.1, 0.15) is 18.4 Å². The number of methoxy groups -OCH3 is 1. The highest BCUT2D eigenvalue weighted by Crippen LogP contribution is 2.23. The Labute approximate surface area is 108 Å². The highest BCUT2D eigenvalue weighted by atomic mass is 16.5. The second-order valence-electron chi connectivity index (χ2n) is 4.51. The summed E-state index contributed by atoms with van der Waals surface area (Å²) in [6, 6.07) is 7.39. The van der Waals surface area contributed by atoms with Crippen molar-refractivity contribution in [2.24, 2.45) is 5.92 Å². The molecule has 2 rings (SSSR count). The summed E-state index contributed by atoms with van der Waals surface area (Å²) in [5, 5.41) is 12.3. The molecule has 1 fully saturated rings. The molecule has 1 aliphatic rings. The number of rotatable bonds is 4. The number of nitrogens with zero attached hydrogens (tertiary/aromatic N) is 1. The first-order valence-corrected chi connectivity index (χ1v) is 6.24. The van der Waals surface area contributed by atoms with Gasteiger partial charge in [0.1, 0.15) is 11.5 Å². The molecule has 0 aromatic heterocycles. The molecule has 0 amide bonds. The predicted molar refractivity (Wildman–Crippen MR) is 68.8 cm³/mol. The summed E-state index contributed by atoms with van der Waals surface area (Å²) in [5.74, 6) is 1.97. The van der Waals surface area contributed by atoms with E-state index < -0.39 is 0 Å². The Morgan fingerprint density at radius 3 is 2.67 bits per heavy atom. The molecule has 1 saturated heterocycles. The van der Waals surface area contributed by atoms with Gasteiger partial charge in [-0.05, 0) is 44.0 Å². The minimum Gasteiger partial charge on any atom is -0.497 e. The van der Waals surface area contributed by atoms with Crippen LogP contribution in [-0.4, -0.2) is 26.8 Å². The van der Waals surface area contributed by atoms with Crippen LogP contribution in [0.5, 0.6) is 11.5 Å². The minimum absolute atomic E-state index is 0.565. The Hall–Kier alpha value is -1.73. The zero-order valence-electron chi connectivity index (χ0n) is 10.6. The molecule has 4 heteroatoms. The molecular weight excluding hydrogens is 228 g/mol. The zero-order chi connectivity index (χ0) is 12.8. The van der Waals surface area contributed by atoms with E-state index in [0.717, 1.165) is 25.9 Å². The van der Waals surface area contributed by atoms with Crippen molar-refractivity contribution >= 4 is 0 Å². The van der Waals surface area contributed by atoms with Gasteiger partial charge in [-0.3, -0.25) is 0 Å². The summed E-state index contributed by atoms with van der Waals surface area (Å²) in [5.41, 5.74) is 0.565. The van der Waals surface area contributed by atoms with Gasteiger partial charge >= 0.3 is 0 Å². The van der Waals surface area contributed by atoms with E-state index >= 15 is 0 Å². The van der Waals surface area contributed by atoms with E-state index in [9.17, 15) is 0 Å². The van der Waals surface area contributed by atoms with Crippen LogP contribution >= 0.6 is 0 Å². The first-order valence-electron chi connectivity index (χ1n) is 6.24. The Balaban J connectivity index is 1.97. The number of nitrogens with one attached hydrogen (secondary N) is 1. The molecule has 4 nitrogen and oxygen atoms in total. The van der Waals surface area contributed by atoms with Crippen LogP contribution in [0.3, 0.4) is 0 Å². The first-order chi connectivity index (χ1) is 8.81. The van der Waals surface area contributed by atoms with Gasteiger partial charge in [0.25, 0.3) is 0 Å². The van der Waals surface area contributed by atoms with Gasteiger partial charge in [-0.1, -0.05) is 0 Å². The van der Waals surface area contributed by atoms with Crippen molar-refractivity contribution in [1.82, 2.24) is 5.32 Å². The van der Waals surface area contributed by atoms with Crippen LogP contribution in [0.15, 0.2) is 18.2 Å². The molecule has 0 unspecified atom stereocenters. The van der Waals surface area contributed by atoms with Gasteiger partial charge in [0.15, 0.2) is 0 Å². The SMILES string of the molecule is COc1cc(C#N)cc(OCC2CCNCC2)c1. The van der Waals surface area contributed by atoms with Crippen molar-refractivity contribution in [1.29, 1.82) is 5.26 Å². The maximum atomic E-state index is 8.93. The quantitative estimate of drug-likeness (QED) is 0.882. The molecule has 1 N–H and O–H groups in total. The lowest BCUT2D eigenvalue weighted by atomic mass is 9.99. The van der Waals surface area contributed by atoms with Crippen LogP contribution in [0.4, 0.5) is 0 Å². The van der Waals surface area contributed by atoms with Gasteiger partial charge in [0, 0.05) is 6.07 Å². The lowest BCUT2D eigenvalue weighted by Crippen LogP contribution is -2.30. The highest BCUT2D eigenvalue weighted by Gasteiger charge is 2.13. The standard InChI is InChI=1S/C14H18N2O2/c1-17-13-6-12(9-15)7-14(8-13)18-10-11-2-4-16-5-3-11/h6-8,11,16H,2-5,10H2,1H3. The maximum Gasteiger partial charge on any atom is 0.124 e. The van der Waals surface area contributed by atoms with E-state index in [2.05, 4.69) is 11.4 Å². The van der Waals surface area contributed by atoms with E-state index in [1.165, 1.54) is 0 Å². The van der Waals surface area contributed by atoms with E-state index in [1.54, 1.807) is 19.2 Å². The van der Waals surface area contributed by atoms with Gasteiger partial charge in [0.05, 0.1) is 25.3 Å². The Bertz CT molecular complexity index is 434. The topological polar surface area (TPSA) is 54.3 Å². The number of piperidine rings is 1. The second-order valence-corrected chi connectivity index (χ2v) is 4.51. The Morgan fingerprint density at radius 2 is 2.00 bits per heavy atom. The normalized spacial score (nSPS) is 16.0. The summed E-state index contributed by atoms with van der Waals surface area (Å²) in [7, 11) is 1.59. The summed E-state index contributed by atoms with van der Waals surface area (Å²) in [4.78, 5) is 0. The molecule has 1 aromatic rings. The zero-order valence-corrected chi connectivity index (χ0v) is 10.6. The highest BCUT2D eigenvalue weighted by molar-refractivity contribution is 5.43. The molecule has 1 heterocycles. The summed E-state index contributed by atoms with van der Waals surface area (Å²) < 4.78 is 10.9. The van der Waals surface area contributed by atoms with Gasteiger partial charge in [0.2, 0.25) is 0 Å². The van der Waals surface area contributed by atoms with Gasteiger partial charge in [-0.2, -0.15) is 5.26 Å². The van der Waals surface area contributed by atoms with Crippen LogP contribution in [0.25, 0.3) is 0 Å². The lowest BCUT2D eigenvalue weighted by molar-refractivity contribution is 0.214. The van der Waals surface area contributed by atoms with E-state index in [1.807, 2.05) is 6.07 Å². The number of hydrogen-bond donors (Lipinski definition) is 1. The molecule has 0 spiro atoms. The van der Waals surface area contributed by atoms with Crippen LogP contribution < -0.4 is 14.8 Å². The molecule has 0 atom stereocenters. The first kappa shape index (κ1) is 12.7. The van der Waals surface area contributed by atoms with Gasteiger partial charge < -0.3 is 14.8 Å². The summed E-state index contributed by atoms with van der Waals surface area (Å²) in [6.45, 7) is 2.84. The monoisotopic (exact) mass is 246 g/mol. The Kier molecular flexibility index (Phi) is 4.43. The largest absolute Gasteiger partial charge is 0.497 e. The third kappa shape index (κ3) is 3.38. The number of ether oxygens (including phenoxy) is 2. The molecule has 96 valence electrons. The number of benzene rings is 1. The van der Waals surface area contributed by atoms with Crippen LogP contribution in [-0.2, 0) is 0 Å². The number of nitriles is 1. The summed E-state index contributed by atoms with van der Waals surface area (Å²) >= 11 is 0. The predicted octanol–water partition coefficient (Wildman–Crippen LogP) is 1.95. The smallest absolute Gasteiger partial charge is 0.124 e. The van der Waals surface area contributed by atoms with Crippen LogP contribution in [0.2, 0.25) is 0 Å². The minimum atomic E-state index is 0.565. The molecule has 18 heavy (non-hydrogen) atoms. The van der Waals surface area contributed by atoms with Crippen molar-refractivity contribution in [3.63, 3.8) is 0 Å². The molecule has 0 aliphatic carbocycles. The molecule has 1 aromatic carbocycles. The fourth-order valence-electron chi connectivity index (χ4n) is 2.10. The molecule has 0 bridgehead atoms. The fourth-order valence-corrected chi connectivity index (χ4v) is 2.10. The van der Waals surface area contributed by atoms with Crippen molar-refractivity contribution in [2.75, 3.05) is 26.8 Å². The van der Waals surface area contributed by atoms with Crippen molar-refractivity contribution in [2.45, 2.75) is 12.8 Å². The lowest BCUT2D eigenvalue weighted by Gasteiger charge is -2.22. The molecule has 0 radical (unpaired) electrons. The average molecular weight is 246 g/mol. The number of hydrogen-bond acceptors (Lipinski definition) is 4. The van der Waals surface area contributed by atoms with E-state index in [-0.39, 0.29) is 0 Å². The third-order valence-electron chi connectivity index (χ3n) is 3.19. The maximum absolute atomic E-state index is 8.93. The molecular formula is C14H18N2O2. The van der Waals surface area contributed by atoms with E-state index in [0.29, 0.717) is 29.6 Å². The van der Waals surface area contributed by atoms with Crippen molar-refractivity contribution < 1.29 is 9.47 Å². The van der Waals surface area contributed by atoms with Crippen molar-refractivity contribution in [3.8, 4) is 17.6 Å². The van der Waals surface area contributed by atoms with Crippen LogP contribution in [0, 0.1) is 17.2 Å². The second kappa shape index (κ2) is 6.27. The van der Waals surface area contributed by atoms with Gasteiger partial charge in [-0.25, -0.2) is 0 Å². The summed E-state index contributed by atoms with van der Waals surface area (Å²) in [6.07, 6.45) is 2.30. The van der Waals surface area contributed by atoms with Gasteiger partial charge in [-0.15, -0.1) is 0 Å². The Morgan fingerprint density at radius 1 is 1.28 bits per heavy atom. The average Bonchev–Trinajstić information content (AvgIpc) is 2.45. The molecule has 1 aliphatic heterocycles. The fraction of sp³-hybridized carbons (Fsp3) is 0.500. The third-order valence-corrected chi connectivity index (χ3v) is 3.19.